The van der Waals surface area contributed by atoms with Crippen molar-refractivity contribution < 1.29 is 4.43 Å². The monoisotopic (exact) mass is 256 g/mol. The second-order valence-electron chi connectivity index (χ2n) is 6.18. The van der Waals surface area contributed by atoms with Crippen LogP contribution in [-0.2, 0) is 4.43 Å². The first kappa shape index (κ1) is 14.5. The van der Waals surface area contributed by atoms with E-state index in [0.717, 1.165) is 19.5 Å². The molecule has 1 N–H and O–H groups in total. The molecule has 0 aromatic carbocycles. The van der Waals surface area contributed by atoms with Gasteiger partial charge in [0.1, 0.15) is 0 Å². The third-order valence-corrected chi connectivity index (χ3v) is 8.35. The molecular formula is C11H24N4OSi. The van der Waals surface area contributed by atoms with Crippen molar-refractivity contribution in [3.05, 3.63) is 10.4 Å². The lowest BCUT2D eigenvalue weighted by atomic mass is 10.1. The van der Waals surface area contributed by atoms with Crippen LogP contribution in [0.2, 0.25) is 18.1 Å². The summed E-state index contributed by atoms with van der Waals surface area (Å²) >= 11 is 0. The summed E-state index contributed by atoms with van der Waals surface area (Å²) in [6.45, 7) is 12.8. The van der Waals surface area contributed by atoms with Crippen molar-refractivity contribution in [3.63, 3.8) is 0 Å². The molecule has 1 heterocycles. The van der Waals surface area contributed by atoms with Crippen LogP contribution < -0.4 is 5.32 Å². The van der Waals surface area contributed by atoms with E-state index in [4.69, 9.17) is 9.96 Å². The van der Waals surface area contributed by atoms with Crippen molar-refractivity contribution in [1.82, 2.24) is 5.32 Å². The smallest absolute Gasteiger partial charge is 0.192 e. The van der Waals surface area contributed by atoms with Crippen molar-refractivity contribution in [2.24, 2.45) is 5.11 Å². The summed E-state index contributed by atoms with van der Waals surface area (Å²) in [5.41, 5.74) is 8.59. The van der Waals surface area contributed by atoms with Crippen LogP contribution in [0.4, 0.5) is 0 Å². The van der Waals surface area contributed by atoms with Gasteiger partial charge in [0, 0.05) is 11.5 Å². The lowest BCUT2D eigenvalue weighted by molar-refractivity contribution is 0.128. The van der Waals surface area contributed by atoms with E-state index in [1.807, 2.05) is 0 Å². The van der Waals surface area contributed by atoms with Gasteiger partial charge >= 0.3 is 0 Å². The van der Waals surface area contributed by atoms with Gasteiger partial charge in [-0.1, -0.05) is 25.9 Å². The maximum absolute atomic E-state index is 8.59. The van der Waals surface area contributed by atoms with E-state index in [1.54, 1.807) is 0 Å². The van der Waals surface area contributed by atoms with Gasteiger partial charge in [0.25, 0.3) is 0 Å². The Kier molecular flexibility index (Phi) is 4.60. The highest BCUT2D eigenvalue weighted by molar-refractivity contribution is 6.74. The molecule has 0 saturated carbocycles. The molecule has 5 nitrogen and oxygen atoms in total. The molecule has 1 aliphatic heterocycles. The first-order valence-corrected chi connectivity index (χ1v) is 9.11. The van der Waals surface area contributed by atoms with Crippen LogP contribution in [0.15, 0.2) is 5.11 Å². The second-order valence-corrected chi connectivity index (χ2v) is 10.9. The van der Waals surface area contributed by atoms with Crippen molar-refractivity contribution in [2.45, 2.75) is 57.5 Å². The molecule has 1 fully saturated rings. The van der Waals surface area contributed by atoms with E-state index < -0.39 is 8.32 Å². The average molecular weight is 256 g/mol. The van der Waals surface area contributed by atoms with Gasteiger partial charge in [-0.3, -0.25) is 0 Å². The highest BCUT2D eigenvalue weighted by Gasteiger charge is 2.41. The normalized spacial score (nSPS) is 26.4. The highest BCUT2D eigenvalue weighted by atomic mass is 28.4. The molecule has 0 spiro atoms. The van der Waals surface area contributed by atoms with Crippen LogP contribution in [0.5, 0.6) is 0 Å². The third-order valence-electron chi connectivity index (χ3n) is 3.84. The van der Waals surface area contributed by atoms with Gasteiger partial charge in [0.2, 0.25) is 0 Å². The number of piperidine rings is 1. The lowest BCUT2D eigenvalue weighted by Crippen LogP contribution is -2.52. The van der Waals surface area contributed by atoms with Crippen LogP contribution in [0, 0.1) is 0 Å². The Balaban J connectivity index is 2.74. The van der Waals surface area contributed by atoms with E-state index in [9.17, 15) is 0 Å². The summed E-state index contributed by atoms with van der Waals surface area (Å²) in [4.78, 5) is 2.93. The first-order chi connectivity index (χ1) is 7.78. The molecular weight excluding hydrogens is 232 g/mol. The van der Waals surface area contributed by atoms with Crippen LogP contribution >= 0.6 is 0 Å². The lowest BCUT2D eigenvalue weighted by Gasteiger charge is -2.42. The molecule has 0 radical (unpaired) electrons. The number of rotatable bonds is 3. The van der Waals surface area contributed by atoms with E-state index in [-0.39, 0.29) is 17.2 Å². The van der Waals surface area contributed by atoms with E-state index in [1.165, 1.54) is 0 Å². The molecule has 0 aromatic rings. The zero-order valence-electron chi connectivity index (χ0n) is 11.5. The van der Waals surface area contributed by atoms with Crippen LogP contribution in [0.1, 0.15) is 27.2 Å². The third kappa shape index (κ3) is 3.71. The van der Waals surface area contributed by atoms with Crippen molar-refractivity contribution in [1.29, 1.82) is 0 Å². The fourth-order valence-corrected chi connectivity index (χ4v) is 3.04. The molecule has 0 unspecified atom stereocenters. The maximum Gasteiger partial charge on any atom is 0.192 e. The molecule has 98 valence electrons. The van der Waals surface area contributed by atoms with Gasteiger partial charge in [-0.25, -0.2) is 0 Å². The molecule has 0 aromatic heterocycles. The largest absolute Gasteiger partial charge is 0.412 e. The van der Waals surface area contributed by atoms with Gasteiger partial charge in [-0.15, -0.1) is 0 Å². The predicted octanol–water partition coefficient (Wildman–Crippen LogP) is 3.05. The van der Waals surface area contributed by atoms with Crippen molar-refractivity contribution >= 4 is 8.32 Å². The second kappa shape index (κ2) is 5.39. The van der Waals surface area contributed by atoms with Gasteiger partial charge in [-0.05, 0) is 36.6 Å². The summed E-state index contributed by atoms with van der Waals surface area (Å²) in [5.74, 6) is 0. The molecule has 1 saturated heterocycles. The van der Waals surface area contributed by atoms with E-state index in [0.29, 0.717) is 0 Å². The zero-order chi connectivity index (χ0) is 13.1. The summed E-state index contributed by atoms with van der Waals surface area (Å²) in [6.07, 6.45) is 0.893. The molecule has 6 heteroatoms. The Bertz CT molecular complexity index is 307. The average Bonchev–Trinajstić information content (AvgIpc) is 2.19. The molecule has 1 rings (SSSR count). The minimum absolute atomic E-state index is 0.0182. The van der Waals surface area contributed by atoms with Gasteiger partial charge in [0.15, 0.2) is 8.32 Å². The number of hydrogen-bond acceptors (Lipinski definition) is 3. The number of hydrogen-bond donors (Lipinski definition) is 1. The molecule has 17 heavy (non-hydrogen) atoms. The molecule has 1 aliphatic rings. The number of nitrogens with one attached hydrogen (secondary N) is 1. The quantitative estimate of drug-likeness (QED) is 0.365. The minimum atomic E-state index is -1.79. The Labute approximate surface area is 105 Å². The zero-order valence-corrected chi connectivity index (χ0v) is 12.5. The predicted molar refractivity (Wildman–Crippen MR) is 72.5 cm³/mol. The Morgan fingerprint density at radius 2 is 2.06 bits per heavy atom. The standard InChI is InChI=1S/C11H24N4OSi/c1-11(2,3)17(4,5)16-10-8-13-7-6-9(10)14-15-12/h9-10,13H,6-8H2,1-5H3/t9-,10+/m1/s1. The number of nitrogens with zero attached hydrogens (tertiary/aromatic N) is 3. The molecule has 0 aliphatic carbocycles. The Morgan fingerprint density at radius 3 is 2.59 bits per heavy atom. The number of azide groups is 1. The Hall–Kier alpha value is -0.553. The SMILES string of the molecule is CC(C)(C)[Si](C)(C)O[C@H]1CNCC[C@H]1N=[N+]=[N-]. The summed E-state index contributed by atoms with van der Waals surface area (Å²) in [6, 6.07) is -0.0182. The van der Waals surface area contributed by atoms with Crippen LogP contribution in [0.3, 0.4) is 0 Å². The van der Waals surface area contributed by atoms with E-state index >= 15 is 0 Å². The van der Waals surface area contributed by atoms with Gasteiger partial charge < -0.3 is 9.74 Å². The van der Waals surface area contributed by atoms with Crippen LogP contribution in [0.25, 0.3) is 10.4 Å². The topological polar surface area (TPSA) is 70.0 Å². The molecule has 2 atom stereocenters. The van der Waals surface area contributed by atoms with Gasteiger partial charge in [0.05, 0.1) is 12.1 Å². The van der Waals surface area contributed by atoms with Crippen molar-refractivity contribution in [2.75, 3.05) is 13.1 Å². The molecule has 0 amide bonds. The minimum Gasteiger partial charge on any atom is -0.412 e. The van der Waals surface area contributed by atoms with Gasteiger partial charge in [-0.2, -0.15) is 0 Å². The maximum atomic E-state index is 8.59. The summed E-state index contributed by atoms with van der Waals surface area (Å²) in [5, 5.41) is 7.37. The fourth-order valence-electron chi connectivity index (χ4n) is 1.69. The molecule has 0 bridgehead atoms. The summed E-state index contributed by atoms with van der Waals surface area (Å²) in [7, 11) is -1.79. The summed E-state index contributed by atoms with van der Waals surface area (Å²) < 4.78 is 6.32. The fraction of sp³-hybridized carbons (Fsp3) is 1.00. The van der Waals surface area contributed by atoms with Crippen molar-refractivity contribution in [3.8, 4) is 0 Å². The van der Waals surface area contributed by atoms with E-state index in [2.05, 4.69) is 49.2 Å². The first-order valence-electron chi connectivity index (χ1n) is 6.20. The van der Waals surface area contributed by atoms with Crippen LogP contribution in [-0.4, -0.2) is 33.6 Å². The Morgan fingerprint density at radius 1 is 1.41 bits per heavy atom. The highest BCUT2D eigenvalue weighted by Crippen LogP contribution is 2.38.